The van der Waals surface area contributed by atoms with Gasteiger partial charge < -0.3 is 0 Å². The van der Waals surface area contributed by atoms with Gasteiger partial charge in [-0.25, -0.2) is 0 Å². The van der Waals surface area contributed by atoms with Crippen LogP contribution in [0.4, 0.5) is 0 Å². The second-order valence-corrected chi connectivity index (χ2v) is 4.69. The zero-order chi connectivity index (χ0) is 7.94. The molecule has 0 radical (unpaired) electrons. The van der Waals surface area contributed by atoms with Gasteiger partial charge in [0.1, 0.15) is 0 Å². The zero-order valence-electron chi connectivity index (χ0n) is 6.49. The summed E-state index contributed by atoms with van der Waals surface area (Å²) in [7, 11) is 0. The van der Waals surface area contributed by atoms with E-state index in [1.807, 2.05) is 6.08 Å². The molecule has 0 saturated heterocycles. The Morgan fingerprint density at radius 3 is 2.64 bits per heavy atom. The molecule has 1 aromatic carbocycles. The molecular weight excluding hydrogens is 199 g/mol. The van der Waals surface area contributed by atoms with Gasteiger partial charge in [-0.2, -0.15) is 0 Å². The summed E-state index contributed by atoms with van der Waals surface area (Å²) in [5.74, 6) is 0. The summed E-state index contributed by atoms with van der Waals surface area (Å²) in [6.07, 6.45) is 3.14. The van der Waals surface area contributed by atoms with Crippen LogP contribution < -0.4 is 4.46 Å². The molecule has 0 atom stereocenters. The van der Waals surface area contributed by atoms with Crippen LogP contribution in [0.15, 0.2) is 43.0 Å². The van der Waals surface area contributed by atoms with Crippen molar-refractivity contribution in [2.24, 2.45) is 0 Å². The predicted octanol–water partition coefficient (Wildman–Crippen LogP) is 2.01. The molecule has 0 unspecified atom stereocenters. The van der Waals surface area contributed by atoms with Crippen molar-refractivity contribution in [3.63, 3.8) is 0 Å². The van der Waals surface area contributed by atoms with Crippen LogP contribution in [0.5, 0.6) is 0 Å². The summed E-state index contributed by atoms with van der Waals surface area (Å²) in [4.78, 5) is 0. The average molecular weight is 211 g/mol. The van der Waals surface area contributed by atoms with Gasteiger partial charge in [0.2, 0.25) is 0 Å². The van der Waals surface area contributed by atoms with Crippen LogP contribution in [0.25, 0.3) is 0 Å². The van der Waals surface area contributed by atoms with E-state index in [0.29, 0.717) is 15.0 Å². The van der Waals surface area contributed by atoms with Crippen LogP contribution in [0.3, 0.4) is 0 Å². The van der Waals surface area contributed by atoms with E-state index in [2.05, 4.69) is 36.9 Å². The number of hydrogen-bond donors (Lipinski definition) is 0. The zero-order valence-corrected chi connectivity index (χ0v) is 8.21. The first-order valence-electron chi connectivity index (χ1n) is 3.72. The van der Waals surface area contributed by atoms with Gasteiger partial charge in [0.15, 0.2) is 0 Å². The Bertz CT molecular complexity index is 203. The van der Waals surface area contributed by atoms with Crippen molar-refractivity contribution in [1.29, 1.82) is 0 Å². The monoisotopic (exact) mass is 212 g/mol. The Balaban J connectivity index is 2.33. The maximum absolute atomic E-state index is 3.70. The third-order valence-electron chi connectivity index (χ3n) is 1.33. The van der Waals surface area contributed by atoms with E-state index in [0.717, 1.165) is 6.42 Å². The van der Waals surface area contributed by atoms with Crippen molar-refractivity contribution in [3.05, 3.63) is 43.0 Å². The average Bonchev–Trinajstić information content (AvgIpc) is 2.07. The molecule has 0 aliphatic carbocycles. The van der Waals surface area contributed by atoms with E-state index in [4.69, 9.17) is 0 Å². The van der Waals surface area contributed by atoms with Crippen molar-refractivity contribution < 1.29 is 0 Å². The second-order valence-electron chi connectivity index (χ2n) is 2.24. The van der Waals surface area contributed by atoms with Crippen molar-refractivity contribution >= 4 is 19.4 Å². The van der Waals surface area contributed by atoms with Gasteiger partial charge in [-0.1, -0.05) is 0 Å². The van der Waals surface area contributed by atoms with Gasteiger partial charge >= 0.3 is 74.1 Å². The van der Waals surface area contributed by atoms with E-state index in [9.17, 15) is 0 Å². The molecule has 58 valence electrons. The summed E-state index contributed by atoms with van der Waals surface area (Å²) in [5.41, 5.74) is 0. The first-order chi connectivity index (χ1) is 5.43. The van der Waals surface area contributed by atoms with Crippen LogP contribution in [0.1, 0.15) is 6.42 Å². The fraction of sp³-hybridized carbons (Fsp3) is 0.200. The third kappa shape index (κ3) is 3.41. The van der Waals surface area contributed by atoms with Crippen LogP contribution in [0, 0.1) is 0 Å². The fourth-order valence-electron chi connectivity index (χ4n) is 0.777. The van der Waals surface area contributed by atoms with Crippen LogP contribution >= 0.6 is 0 Å². The van der Waals surface area contributed by atoms with E-state index >= 15 is 0 Å². The van der Waals surface area contributed by atoms with Crippen molar-refractivity contribution in [2.75, 3.05) is 0 Å². The summed E-state index contributed by atoms with van der Waals surface area (Å²) in [6, 6.07) is 10.7. The minimum atomic E-state index is 0.648. The van der Waals surface area contributed by atoms with Gasteiger partial charge in [0.05, 0.1) is 0 Å². The Morgan fingerprint density at radius 2 is 2.00 bits per heavy atom. The van der Waals surface area contributed by atoms with Crippen molar-refractivity contribution in [1.82, 2.24) is 0 Å². The van der Waals surface area contributed by atoms with Crippen LogP contribution in [-0.2, 0) is 0 Å². The standard InChI is InChI=1S/C10H12Se/c1-2-3-9-11-10-7-5-4-6-8-10/h2,4-8H,1,3,9H2. The molecule has 0 aliphatic rings. The van der Waals surface area contributed by atoms with Crippen molar-refractivity contribution in [2.45, 2.75) is 11.7 Å². The van der Waals surface area contributed by atoms with E-state index < -0.39 is 0 Å². The molecule has 11 heavy (non-hydrogen) atoms. The first kappa shape index (κ1) is 8.57. The summed E-state index contributed by atoms with van der Waals surface area (Å²) < 4.78 is 1.49. The molecule has 1 aromatic rings. The van der Waals surface area contributed by atoms with Gasteiger partial charge in [-0.3, -0.25) is 0 Å². The van der Waals surface area contributed by atoms with Gasteiger partial charge in [0, 0.05) is 0 Å². The molecular formula is C10H12Se. The van der Waals surface area contributed by atoms with Gasteiger partial charge in [-0.05, 0) is 0 Å². The summed E-state index contributed by atoms with van der Waals surface area (Å²) in [5, 5.41) is 1.28. The molecule has 1 rings (SSSR count). The second kappa shape index (κ2) is 5.17. The molecule has 1 heteroatoms. The van der Waals surface area contributed by atoms with Crippen LogP contribution in [-0.4, -0.2) is 15.0 Å². The predicted molar refractivity (Wildman–Crippen MR) is 51.5 cm³/mol. The normalized spacial score (nSPS) is 9.45. The van der Waals surface area contributed by atoms with Crippen molar-refractivity contribution in [3.8, 4) is 0 Å². The quantitative estimate of drug-likeness (QED) is 0.406. The number of rotatable bonds is 4. The molecule has 0 nitrogen and oxygen atoms in total. The topological polar surface area (TPSA) is 0 Å². The molecule has 0 saturated carbocycles. The third-order valence-corrected chi connectivity index (χ3v) is 3.53. The number of hydrogen-bond acceptors (Lipinski definition) is 0. The molecule has 0 N–H and O–H groups in total. The SMILES string of the molecule is C=CCC[Se]c1ccccc1. The maximum atomic E-state index is 3.70. The molecule has 0 aliphatic heterocycles. The van der Waals surface area contributed by atoms with Crippen LogP contribution in [0.2, 0.25) is 5.32 Å². The Kier molecular flexibility index (Phi) is 4.03. The number of benzene rings is 1. The Hall–Kier alpha value is -0.521. The molecule has 0 heterocycles. The van der Waals surface area contributed by atoms with Gasteiger partial charge in [0.25, 0.3) is 0 Å². The van der Waals surface area contributed by atoms with E-state index in [1.54, 1.807) is 0 Å². The van der Waals surface area contributed by atoms with E-state index in [-0.39, 0.29) is 0 Å². The Morgan fingerprint density at radius 1 is 1.27 bits per heavy atom. The molecule has 0 spiro atoms. The minimum absolute atomic E-state index is 0.648. The number of allylic oxidation sites excluding steroid dienone is 1. The van der Waals surface area contributed by atoms with E-state index in [1.165, 1.54) is 9.78 Å². The Labute approximate surface area is 74.5 Å². The molecule has 0 amide bonds. The first-order valence-corrected chi connectivity index (χ1v) is 5.79. The van der Waals surface area contributed by atoms with Gasteiger partial charge in [-0.15, -0.1) is 0 Å². The summed E-state index contributed by atoms with van der Waals surface area (Å²) >= 11 is 0.648. The molecule has 0 aromatic heterocycles. The molecule has 0 fully saturated rings. The molecule has 0 bridgehead atoms. The fourth-order valence-corrected chi connectivity index (χ4v) is 2.60. The summed E-state index contributed by atoms with van der Waals surface area (Å²) in [6.45, 7) is 3.70.